The zero-order valence-corrected chi connectivity index (χ0v) is 9.97. The summed E-state index contributed by atoms with van der Waals surface area (Å²) in [6.45, 7) is 0. The van der Waals surface area contributed by atoms with Crippen LogP contribution in [0.3, 0.4) is 0 Å². The van der Waals surface area contributed by atoms with Crippen molar-refractivity contribution >= 4 is 29.1 Å². The minimum Gasteiger partial charge on any atom is -0.287 e. The van der Waals surface area contributed by atoms with Gasteiger partial charge in [-0.05, 0) is 30.5 Å². The predicted octanol–water partition coefficient (Wildman–Crippen LogP) is 2.41. The van der Waals surface area contributed by atoms with Crippen molar-refractivity contribution in [3.63, 3.8) is 0 Å². The molecule has 1 aromatic heterocycles. The van der Waals surface area contributed by atoms with E-state index in [4.69, 9.17) is 11.6 Å². The average Bonchev–Trinajstić information content (AvgIpc) is 2.77. The maximum absolute atomic E-state index is 12.0. The second-order valence-electron chi connectivity index (χ2n) is 3.02. The number of nitrogens with one attached hydrogen (secondary N) is 1. The van der Waals surface area contributed by atoms with Crippen LogP contribution in [-0.4, -0.2) is 27.4 Å². The van der Waals surface area contributed by atoms with Crippen LogP contribution in [-0.2, 0) is 0 Å². The molecule has 1 aromatic carbocycles. The van der Waals surface area contributed by atoms with Gasteiger partial charge in [-0.3, -0.25) is 4.79 Å². The highest BCUT2D eigenvalue weighted by Crippen LogP contribution is 2.19. The molecule has 0 saturated heterocycles. The van der Waals surface area contributed by atoms with Gasteiger partial charge in [-0.15, -0.1) is 16.9 Å². The first-order chi connectivity index (χ1) is 7.72. The van der Waals surface area contributed by atoms with Crippen molar-refractivity contribution in [3.8, 4) is 0 Å². The molecule has 0 unspecified atom stereocenters. The molecule has 0 saturated carbocycles. The third kappa shape index (κ3) is 2.10. The van der Waals surface area contributed by atoms with Crippen LogP contribution in [0.5, 0.6) is 0 Å². The van der Waals surface area contributed by atoms with Gasteiger partial charge >= 0.3 is 0 Å². The number of aromatic nitrogens is 3. The molecule has 0 amide bonds. The van der Waals surface area contributed by atoms with E-state index in [1.165, 1.54) is 11.8 Å². The number of benzene rings is 1. The van der Waals surface area contributed by atoms with Crippen molar-refractivity contribution in [2.75, 3.05) is 6.26 Å². The van der Waals surface area contributed by atoms with Crippen molar-refractivity contribution in [3.05, 3.63) is 40.5 Å². The first-order valence-electron chi connectivity index (χ1n) is 4.47. The molecule has 0 aliphatic carbocycles. The van der Waals surface area contributed by atoms with Crippen molar-refractivity contribution in [1.29, 1.82) is 0 Å². The largest absolute Gasteiger partial charge is 0.287 e. The van der Waals surface area contributed by atoms with Crippen LogP contribution >= 0.6 is 23.4 Å². The number of nitrogens with zero attached hydrogens (tertiary/aromatic N) is 2. The molecule has 82 valence electrons. The fourth-order valence-electron chi connectivity index (χ4n) is 1.25. The second-order valence-corrected chi connectivity index (χ2v) is 4.25. The van der Waals surface area contributed by atoms with Gasteiger partial charge in [0.15, 0.2) is 5.69 Å². The monoisotopic (exact) mass is 253 g/mol. The molecule has 2 rings (SSSR count). The summed E-state index contributed by atoms with van der Waals surface area (Å²) in [5.74, 6) is -0.158. The molecule has 0 aliphatic rings. The van der Waals surface area contributed by atoms with E-state index in [2.05, 4.69) is 15.4 Å². The first-order valence-corrected chi connectivity index (χ1v) is 6.07. The molecule has 6 heteroatoms. The third-order valence-corrected chi connectivity index (χ3v) is 2.95. The van der Waals surface area contributed by atoms with Gasteiger partial charge in [0, 0.05) is 10.6 Å². The van der Waals surface area contributed by atoms with Crippen LogP contribution in [0, 0.1) is 0 Å². The Morgan fingerprint density at radius 2 is 2.00 bits per heavy atom. The number of H-pyrrole nitrogens is 1. The number of hydrogen-bond acceptors (Lipinski definition) is 4. The molecule has 0 fully saturated rings. The molecular weight excluding hydrogens is 246 g/mol. The van der Waals surface area contributed by atoms with Crippen LogP contribution in [0.15, 0.2) is 29.3 Å². The number of carbonyl (C=O) groups is 1. The Morgan fingerprint density at radius 3 is 2.62 bits per heavy atom. The van der Waals surface area contributed by atoms with Crippen molar-refractivity contribution in [2.24, 2.45) is 0 Å². The van der Waals surface area contributed by atoms with Crippen LogP contribution in [0.25, 0.3) is 0 Å². The summed E-state index contributed by atoms with van der Waals surface area (Å²) in [6, 6.07) is 6.69. The van der Waals surface area contributed by atoms with Crippen LogP contribution in [0.4, 0.5) is 0 Å². The number of carbonyl (C=O) groups excluding carboxylic acids is 1. The Balaban J connectivity index is 2.35. The van der Waals surface area contributed by atoms with E-state index in [1.54, 1.807) is 24.3 Å². The first kappa shape index (κ1) is 11.2. The average molecular weight is 254 g/mol. The van der Waals surface area contributed by atoms with Gasteiger partial charge in [0.1, 0.15) is 5.03 Å². The molecule has 4 nitrogen and oxygen atoms in total. The SMILES string of the molecule is CSc1n[nH]nc1C(=O)c1ccc(Cl)cc1. The van der Waals surface area contributed by atoms with Gasteiger partial charge < -0.3 is 0 Å². The zero-order valence-electron chi connectivity index (χ0n) is 8.40. The van der Waals surface area contributed by atoms with Crippen molar-refractivity contribution in [2.45, 2.75) is 5.03 Å². The van der Waals surface area contributed by atoms with E-state index >= 15 is 0 Å². The van der Waals surface area contributed by atoms with Gasteiger partial charge in [-0.2, -0.15) is 10.3 Å². The highest BCUT2D eigenvalue weighted by atomic mass is 35.5. The lowest BCUT2D eigenvalue weighted by Crippen LogP contribution is -2.03. The lowest BCUT2D eigenvalue weighted by molar-refractivity contribution is 0.103. The summed E-state index contributed by atoms with van der Waals surface area (Å²) in [6.07, 6.45) is 1.84. The molecule has 0 atom stereocenters. The van der Waals surface area contributed by atoms with Gasteiger partial charge in [0.05, 0.1) is 0 Å². The normalized spacial score (nSPS) is 10.4. The molecule has 0 radical (unpaired) electrons. The highest BCUT2D eigenvalue weighted by Gasteiger charge is 2.17. The summed E-state index contributed by atoms with van der Waals surface area (Å²) >= 11 is 7.13. The summed E-state index contributed by atoms with van der Waals surface area (Å²) < 4.78 is 0. The Hall–Kier alpha value is -1.33. The van der Waals surface area contributed by atoms with E-state index in [1.807, 2.05) is 6.26 Å². The van der Waals surface area contributed by atoms with Gasteiger partial charge in [-0.1, -0.05) is 11.6 Å². The van der Waals surface area contributed by atoms with Gasteiger partial charge in [0.25, 0.3) is 0 Å². The molecule has 1 N–H and O–H groups in total. The Labute approximate surface area is 101 Å². The minimum absolute atomic E-state index is 0.158. The number of hydrogen-bond donors (Lipinski definition) is 1. The quantitative estimate of drug-likeness (QED) is 0.674. The van der Waals surface area contributed by atoms with Gasteiger partial charge in [-0.25, -0.2) is 0 Å². The summed E-state index contributed by atoms with van der Waals surface area (Å²) in [5, 5.41) is 11.4. The van der Waals surface area contributed by atoms with Crippen LogP contribution < -0.4 is 0 Å². The topological polar surface area (TPSA) is 58.6 Å². The molecule has 0 bridgehead atoms. The van der Waals surface area contributed by atoms with E-state index < -0.39 is 0 Å². The third-order valence-electron chi connectivity index (χ3n) is 2.03. The fraction of sp³-hybridized carbons (Fsp3) is 0.100. The molecule has 0 spiro atoms. The number of halogens is 1. The maximum atomic E-state index is 12.0. The summed E-state index contributed by atoms with van der Waals surface area (Å²) in [4.78, 5) is 12.0. The Bertz CT molecular complexity index is 509. The highest BCUT2D eigenvalue weighted by molar-refractivity contribution is 7.98. The minimum atomic E-state index is -0.158. The van der Waals surface area contributed by atoms with Crippen LogP contribution in [0.1, 0.15) is 16.1 Å². The standard InChI is InChI=1S/C10H8ClN3OS/c1-16-10-8(12-14-13-10)9(15)6-2-4-7(11)5-3-6/h2-5H,1H3,(H,12,13,14). The van der Waals surface area contributed by atoms with Gasteiger partial charge in [0.2, 0.25) is 5.78 Å². The lowest BCUT2D eigenvalue weighted by atomic mass is 10.1. The predicted molar refractivity (Wildman–Crippen MR) is 63.0 cm³/mol. The lowest BCUT2D eigenvalue weighted by Gasteiger charge is -1.98. The molecule has 16 heavy (non-hydrogen) atoms. The molecule has 0 aliphatic heterocycles. The Kier molecular flexibility index (Phi) is 3.26. The number of aromatic amines is 1. The van der Waals surface area contributed by atoms with Crippen LogP contribution in [0.2, 0.25) is 5.02 Å². The molecular formula is C10H8ClN3OS. The van der Waals surface area contributed by atoms with Crippen molar-refractivity contribution in [1.82, 2.24) is 15.4 Å². The number of ketones is 1. The second kappa shape index (κ2) is 4.67. The summed E-state index contributed by atoms with van der Waals surface area (Å²) in [5.41, 5.74) is 0.892. The zero-order chi connectivity index (χ0) is 11.5. The Morgan fingerprint density at radius 1 is 1.31 bits per heavy atom. The number of thioether (sulfide) groups is 1. The van der Waals surface area contributed by atoms with E-state index in [0.717, 1.165) is 0 Å². The van der Waals surface area contributed by atoms with E-state index in [0.29, 0.717) is 21.3 Å². The van der Waals surface area contributed by atoms with E-state index in [-0.39, 0.29) is 5.78 Å². The van der Waals surface area contributed by atoms with E-state index in [9.17, 15) is 4.79 Å². The smallest absolute Gasteiger partial charge is 0.216 e. The molecule has 2 aromatic rings. The fourth-order valence-corrected chi connectivity index (χ4v) is 1.84. The van der Waals surface area contributed by atoms with Crippen molar-refractivity contribution < 1.29 is 4.79 Å². The maximum Gasteiger partial charge on any atom is 0.216 e. The number of rotatable bonds is 3. The molecule has 1 heterocycles. The summed E-state index contributed by atoms with van der Waals surface area (Å²) in [7, 11) is 0.